The van der Waals surface area contributed by atoms with E-state index in [-0.39, 0.29) is 17.9 Å². The maximum absolute atomic E-state index is 12.3. The lowest BCUT2D eigenvalue weighted by molar-refractivity contribution is -0.123. The van der Waals surface area contributed by atoms with Gasteiger partial charge in [-0.3, -0.25) is 14.5 Å². The van der Waals surface area contributed by atoms with Crippen molar-refractivity contribution in [2.75, 3.05) is 32.7 Å². The van der Waals surface area contributed by atoms with Gasteiger partial charge in [0.1, 0.15) is 0 Å². The molecule has 2 heterocycles. The van der Waals surface area contributed by atoms with Gasteiger partial charge < -0.3 is 14.6 Å². The molecular weight excluding hydrogens is 354 g/mol. The molecule has 2 amide bonds. The van der Waals surface area contributed by atoms with Crippen LogP contribution in [0.4, 0.5) is 0 Å². The van der Waals surface area contributed by atoms with E-state index >= 15 is 0 Å². The Morgan fingerprint density at radius 2 is 1.85 bits per heavy atom. The van der Waals surface area contributed by atoms with Crippen molar-refractivity contribution in [1.29, 1.82) is 0 Å². The second kappa shape index (κ2) is 8.38. The number of rotatable bonds is 5. The topological polar surface area (TPSA) is 65.8 Å². The number of furan rings is 1. The molecule has 7 heteroatoms. The van der Waals surface area contributed by atoms with E-state index in [0.717, 1.165) is 5.56 Å². The number of halogens is 1. The first kappa shape index (κ1) is 18.5. The predicted octanol–water partition coefficient (Wildman–Crippen LogP) is 2.57. The number of piperazine rings is 1. The monoisotopic (exact) mass is 375 g/mol. The molecule has 0 radical (unpaired) electrons. The zero-order valence-corrected chi connectivity index (χ0v) is 15.4. The summed E-state index contributed by atoms with van der Waals surface area (Å²) in [5.41, 5.74) is 1.01. The highest BCUT2D eigenvalue weighted by atomic mass is 35.5. The average molecular weight is 376 g/mol. The van der Waals surface area contributed by atoms with Crippen LogP contribution in [0.25, 0.3) is 0 Å². The van der Waals surface area contributed by atoms with E-state index in [2.05, 4.69) is 10.2 Å². The molecule has 1 aliphatic heterocycles. The lowest BCUT2D eigenvalue weighted by Crippen LogP contribution is -2.51. The van der Waals surface area contributed by atoms with E-state index < -0.39 is 0 Å². The van der Waals surface area contributed by atoms with E-state index in [1.807, 2.05) is 31.2 Å². The van der Waals surface area contributed by atoms with Crippen molar-refractivity contribution >= 4 is 23.4 Å². The van der Waals surface area contributed by atoms with Gasteiger partial charge in [-0.2, -0.15) is 0 Å². The fourth-order valence-electron chi connectivity index (χ4n) is 2.99. The first-order valence-corrected chi connectivity index (χ1v) is 9.00. The molecule has 1 aromatic carbocycles. The molecule has 0 aliphatic carbocycles. The standard InChI is InChI=1S/C19H22ClN3O3/c1-14(15-4-6-16(20)7-5-15)21-18(24)13-22-8-10-23(11-9-22)19(25)17-3-2-12-26-17/h2-7,12,14H,8-11,13H2,1H3,(H,21,24)/t14-/m1/s1. The third-order valence-electron chi connectivity index (χ3n) is 4.51. The lowest BCUT2D eigenvalue weighted by Gasteiger charge is -2.34. The van der Waals surface area contributed by atoms with Gasteiger partial charge in [-0.05, 0) is 36.8 Å². The number of carbonyl (C=O) groups is 2. The van der Waals surface area contributed by atoms with Crippen molar-refractivity contribution in [2.45, 2.75) is 13.0 Å². The van der Waals surface area contributed by atoms with Gasteiger partial charge in [-0.25, -0.2) is 0 Å². The summed E-state index contributed by atoms with van der Waals surface area (Å²) in [5.74, 6) is 0.224. The van der Waals surface area contributed by atoms with E-state index in [4.69, 9.17) is 16.0 Å². The second-order valence-corrected chi connectivity index (χ2v) is 6.82. The largest absolute Gasteiger partial charge is 0.459 e. The Morgan fingerprint density at radius 3 is 2.46 bits per heavy atom. The summed E-state index contributed by atoms with van der Waals surface area (Å²) in [5, 5.41) is 3.68. The number of hydrogen-bond acceptors (Lipinski definition) is 4. The third-order valence-corrected chi connectivity index (χ3v) is 4.76. The van der Waals surface area contributed by atoms with Gasteiger partial charge in [-0.1, -0.05) is 23.7 Å². The van der Waals surface area contributed by atoms with Gasteiger partial charge in [0, 0.05) is 31.2 Å². The highest BCUT2D eigenvalue weighted by Gasteiger charge is 2.24. The van der Waals surface area contributed by atoms with Crippen LogP contribution in [0.3, 0.4) is 0 Å². The maximum Gasteiger partial charge on any atom is 0.289 e. The number of amides is 2. The van der Waals surface area contributed by atoms with Crippen LogP contribution in [0.1, 0.15) is 29.1 Å². The van der Waals surface area contributed by atoms with E-state index in [9.17, 15) is 9.59 Å². The van der Waals surface area contributed by atoms with Crippen LogP contribution in [0, 0.1) is 0 Å². The van der Waals surface area contributed by atoms with Gasteiger partial charge in [0.15, 0.2) is 5.76 Å². The Hall–Kier alpha value is -2.31. The highest BCUT2D eigenvalue weighted by molar-refractivity contribution is 6.30. The molecule has 2 aromatic rings. The summed E-state index contributed by atoms with van der Waals surface area (Å²) in [4.78, 5) is 28.3. The van der Waals surface area contributed by atoms with Gasteiger partial charge in [0.2, 0.25) is 5.91 Å². The van der Waals surface area contributed by atoms with Crippen molar-refractivity contribution in [3.05, 3.63) is 59.0 Å². The molecule has 3 rings (SSSR count). The Labute approximate surface area is 157 Å². The zero-order valence-electron chi connectivity index (χ0n) is 14.7. The lowest BCUT2D eigenvalue weighted by atomic mass is 10.1. The molecule has 0 spiro atoms. The minimum atomic E-state index is -0.101. The molecule has 6 nitrogen and oxygen atoms in total. The van der Waals surface area contributed by atoms with Crippen LogP contribution in [0.15, 0.2) is 47.1 Å². The average Bonchev–Trinajstić information content (AvgIpc) is 3.17. The van der Waals surface area contributed by atoms with Crippen LogP contribution >= 0.6 is 11.6 Å². The summed E-state index contributed by atoms with van der Waals surface area (Å²) in [6.07, 6.45) is 1.50. The smallest absolute Gasteiger partial charge is 0.289 e. The highest BCUT2D eigenvalue weighted by Crippen LogP contribution is 2.16. The summed E-state index contributed by atoms with van der Waals surface area (Å²) >= 11 is 5.89. The van der Waals surface area contributed by atoms with Crippen molar-refractivity contribution in [3.8, 4) is 0 Å². The molecule has 26 heavy (non-hydrogen) atoms. The molecule has 1 aromatic heterocycles. The summed E-state index contributed by atoms with van der Waals surface area (Å²) in [6.45, 7) is 4.76. The van der Waals surface area contributed by atoms with E-state index in [1.54, 1.807) is 17.0 Å². The predicted molar refractivity (Wildman–Crippen MR) is 99.1 cm³/mol. The Morgan fingerprint density at radius 1 is 1.15 bits per heavy atom. The molecule has 0 bridgehead atoms. The zero-order chi connectivity index (χ0) is 18.5. The van der Waals surface area contributed by atoms with Crippen LogP contribution in [-0.4, -0.2) is 54.3 Å². The summed E-state index contributed by atoms with van der Waals surface area (Å²) in [7, 11) is 0. The molecule has 1 N–H and O–H groups in total. The minimum absolute atomic E-state index is 0.0294. The molecule has 138 valence electrons. The molecule has 0 saturated carbocycles. The number of hydrogen-bond donors (Lipinski definition) is 1. The van der Waals surface area contributed by atoms with Gasteiger partial charge in [-0.15, -0.1) is 0 Å². The molecule has 1 saturated heterocycles. The van der Waals surface area contributed by atoms with Crippen LogP contribution in [0.2, 0.25) is 5.02 Å². The second-order valence-electron chi connectivity index (χ2n) is 6.39. The van der Waals surface area contributed by atoms with Crippen molar-refractivity contribution in [2.24, 2.45) is 0 Å². The van der Waals surface area contributed by atoms with E-state index in [1.165, 1.54) is 6.26 Å². The first-order valence-electron chi connectivity index (χ1n) is 8.63. The summed E-state index contributed by atoms with van der Waals surface area (Å²) < 4.78 is 5.16. The molecule has 1 aliphatic rings. The Bertz CT molecular complexity index is 738. The Kier molecular flexibility index (Phi) is 5.96. The fourth-order valence-corrected chi connectivity index (χ4v) is 3.12. The number of nitrogens with one attached hydrogen (secondary N) is 1. The van der Waals surface area contributed by atoms with Crippen molar-refractivity contribution < 1.29 is 14.0 Å². The third kappa shape index (κ3) is 4.65. The normalized spacial score (nSPS) is 16.3. The van der Waals surface area contributed by atoms with Gasteiger partial charge >= 0.3 is 0 Å². The molecule has 1 fully saturated rings. The van der Waals surface area contributed by atoms with Crippen molar-refractivity contribution in [3.63, 3.8) is 0 Å². The fraction of sp³-hybridized carbons (Fsp3) is 0.368. The molecular formula is C19H22ClN3O3. The SMILES string of the molecule is C[C@@H](NC(=O)CN1CCN(C(=O)c2ccco2)CC1)c1ccc(Cl)cc1. The maximum atomic E-state index is 12.3. The molecule has 1 atom stereocenters. The van der Waals surface area contributed by atoms with E-state index in [0.29, 0.717) is 43.5 Å². The minimum Gasteiger partial charge on any atom is -0.459 e. The first-order chi connectivity index (χ1) is 12.5. The van der Waals surface area contributed by atoms with Crippen molar-refractivity contribution in [1.82, 2.24) is 15.1 Å². The number of benzene rings is 1. The molecule has 0 unspecified atom stereocenters. The quantitative estimate of drug-likeness (QED) is 0.872. The van der Waals surface area contributed by atoms with Gasteiger partial charge in [0.25, 0.3) is 5.91 Å². The van der Waals surface area contributed by atoms with Crippen LogP contribution < -0.4 is 5.32 Å². The number of nitrogens with zero attached hydrogens (tertiary/aromatic N) is 2. The van der Waals surface area contributed by atoms with Gasteiger partial charge in [0.05, 0.1) is 18.8 Å². The Balaban J connectivity index is 1.44. The van der Waals surface area contributed by atoms with Crippen LogP contribution in [-0.2, 0) is 4.79 Å². The summed E-state index contributed by atoms with van der Waals surface area (Å²) in [6, 6.07) is 10.7. The van der Waals surface area contributed by atoms with Crippen LogP contribution in [0.5, 0.6) is 0 Å². The number of carbonyl (C=O) groups excluding carboxylic acids is 2.